The average molecular weight is 234 g/mol. The Bertz CT molecular complexity index is 493. The van der Waals surface area contributed by atoms with Gasteiger partial charge in [0.1, 0.15) is 0 Å². The summed E-state index contributed by atoms with van der Waals surface area (Å²) in [5.41, 5.74) is 2.04. The van der Waals surface area contributed by atoms with Gasteiger partial charge in [-0.3, -0.25) is 14.9 Å². The first-order valence-electron chi connectivity index (χ1n) is 5.55. The number of nitrogens with zero attached hydrogens (tertiary/aromatic N) is 1. The zero-order chi connectivity index (χ0) is 12.6. The molecule has 1 fully saturated rings. The molecule has 0 aliphatic heterocycles. The van der Waals surface area contributed by atoms with E-state index < -0.39 is 4.92 Å². The summed E-state index contributed by atoms with van der Waals surface area (Å²) in [6.45, 7) is 3.43. The number of nitro benzene ring substituents is 1. The first kappa shape index (κ1) is 11.6. The second-order valence-corrected chi connectivity index (χ2v) is 4.47. The maximum atomic E-state index is 11.6. The van der Waals surface area contributed by atoms with E-state index in [1.54, 1.807) is 19.9 Å². The minimum atomic E-state index is -0.408. The normalized spacial score (nSPS) is 14.5. The minimum Gasteiger partial charge on any atom is -0.326 e. The van der Waals surface area contributed by atoms with Gasteiger partial charge in [0.05, 0.1) is 4.92 Å². The molecule has 1 aliphatic carbocycles. The van der Waals surface area contributed by atoms with Gasteiger partial charge in [-0.2, -0.15) is 0 Å². The second-order valence-electron chi connectivity index (χ2n) is 4.47. The number of hydrogen-bond acceptors (Lipinski definition) is 3. The SMILES string of the molecule is Cc1cc([N+](=O)[O-])c(C)cc1NC(=O)C1CC1. The van der Waals surface area contributed by atoms with Gasteiger partial charge in [0, 0.05) is 23.2 Å². The van der Waals surface area contributed by atoms with E-state index in [0.717, 1.165) is 18.4 Å². The average Bonchev–Trinajstić information content (AvgIpc) is 3.05. The Morgan fingerprint density at radius 2 is 2.00 bits per heavy atom. The molecule has 1 N–H and O–H groups in total. The fourth-order valence-corrected chi connectivity index (χ4v) is 1.71. The summed E-state index contributed by atoms with van der Waals surface area (Å²) in [5, 5.41) is 13.6. The highest BCUT2D eigenvalue weighted by Gasteiger charge is 2.30. The number of nitrogens with one attached hydrogen (secondary N) is 1. The van der Waals surface area contributed by atoms with E-state index in [1.807, 2.05) is 0 Å². The van der Waals surface area contributed by atoms with Crippen molar-refractivity contribution in [1.29, 1.82) is 0 Å². The van der Waals surface area contributed by atoms with Crippen molar-refractivity contribution < 1.29 is 9.72 Å². The van der Waals surface area contributed by atoms with Gasteiger partial charge in [0.15, 0.2) is 0 Å². The Kier molecular flexibility index (Phi) is 2.83. The van der Waals surface area contributed by atoms with Gasteiger partial charge in [-0.25, -0.2) is 0 Å². The first-order valence-corrected chi connectivity index (χ1v) is 5.55. The van der Waals surface area contributed by atoms with Crippen molar-refractivity contribution in [3.05, 3.63) is 33.4 Å². The highest BCUT2D eigenvalue weighted by molar-refractivity contribution is 5.95. The van der Waals surface area contributed by atoms with Crippen molar-refractivity contribution in [2.24, 2.45) is 5.92 Å². The molecule has 5 heteroatoms. The van der Waals surface area contributed by atoms with Gasteiger partial charge in [-0.1, -0.05) is 0 Å². The molecular formula is C12H14N2O3. The summed E-state index contributed by atoms with van der Waals surface area (Å²) in [5.74, 6) is 0.145. The number of aryl methyl sites for hydroxylation is 2. The molecule has 1 aromatic rings. The van der Waals surface area contributed by atoms with Gasteiger partial charge >= 0.3 is 0 Å². The van der Waals surface area contributed by atoms with Crippen molar-refractivity contribution in [1.82, 2.24) is 0 Å². The third-order valence-corrected chi connectivity index (χ3v) is 2.95. The molecule has 0 aromatic heterocycles. The van der Waals surface area contributed by atoms with Crippen molar-refractivity contribution >= 4 is 17.3 Å². The van der Waals surface area contributed by atoms with Gasteiger partial charge in [-0.05, 0) is 38.3 Å². The molecule has 0 spiro atoms. The molecule has 0 heterocycles. The molecule has 0 saturated heterocycles. The molecule has 5 nitrogen and oxygen atoms in total. The standard InChI is InChI=1S/C12H14N2O3/c1-7-6-11(14(16)17)8(2)5-10(7)13-12(15)9-3-4-9/h5-6,9H,3-4H2,1-2H3,(H,13,15). The molecule has 17 heavy (non-hydrogen) atoms. The van der Waals surface area contributed by atoms with Crippen LogP contribution in [-0.2, 0) is 4.79 Å². The zero-order valence-corrected chi connectivity index (χ0v) is 9.82. The van der Waals surface area contributed by atoms with Crippen LogP contribution in [0.4, 0.5) is 11.4 Å². The summed E-state index contributed by atoms with van der Waals surface area (Å²) in [7, 11) is 0. The number of amides is 1. The van der Waals surface area contributed by atoms with E-state index in [1.165, 1.54) is 6.07 Å². The maximum absolute atomic E-state index is 11.6. The van der Waals surface area contributed by atoms with Crippen LogP contribution in [0.25, 0.3) is 0 Å². The first-order chi connectivity index (χ1) is 7.99. The van der Waals surface area contributed by atoms with Gasteiger partial charge in [-0.15, -0.1) is 0 Å². The Morgan fingerprint density at radius 1 is 1.35 bits per heavy atom. The number of carbonyl (C=O) groups is 1. The van der Waals surface area contributed by atoms with Crippen LogP contribution in [-0.4, -0.2) is 10.8 Å². The van der Waals surface area contributed by atoms with Crippen molar-refractivity contribution in [3.63, 3.8) is 0 Å². The molecule has 1 aliphatic rings. The second kappa shape index (κ2) is 4.16. The Balaban J connectivity index is 2.25. The zero-order valence-electron chi connectivity index (χ0n) is 9.82. The molecule has 90 valence electrons. The lowest BCUT2D eigenvalue weighted by atomic mass is 10.1. The summed E-state index contributed by atoms with van der Waals surface area (Å²) in [6, 6.07) is 3.16. The van der Waals surface area contributed by atoms with E-state index >= 15 is 0 Å². The molecule has 0 bridgehead atoms. The predicted molar refractivity (Wildman–Crippen MR) is 63.9 cm³/mol. The van der Waals surface area contributed by atoms with E-state index in [9.17, 15) is 14.9 Å². The molecule has 0 atom stereocenters. The maximum Gasteiger partial charge on any atom is 0.272 e. The monoisotopic (exact) mass is 234 g/mol. The highest BCUT2D eigenvalue weighted by Crippen LogP contribution is 2.32. The third-order valence-electron chi connectivity index (χ3n) is 2.95. The highest BCUT2D eigenvalue weighted by atomic mass is 16.6. The lowest BCUT2D eigenvalue weighted by Gasteiger charge is -2.09. The lowest BCUT2D eigenvalue weighted by Crippen LogP contribution is -2.14. The van der Waals surface area contributed by atoms with Crippen molar-refractivity contribution in [2.45, 2.75) is 26.7 Å². The van der Waals surface area contributed by atoms with E-state index in [2.05, 4.69) is 5.32 Å². The number of carbonyl (C=O) groups excluding carboxylic acids is 1. The van der Waals surface area contributed by atoms with Crippen LogP contribution in [0.1, 0.15) is 24.0 Å². The lowest BCUT2D eigenvalue weighted by molar-refractivity contribution is -0.385. The van der Waals surface area contributed by atoms with Crippen LogP contribution in [0.15, 0.2) is 12.1 Å². The summed E-state index contributed by atoms with van der Waals surface area (Å²) in [6.07, 6.45) is 1.88. The van der Waals surface area contributed by atoms with E-state index in [-0.39, 0.29) is 17.5 Å². The summed E-state index contributed by atoms with van der Waals surface area (Å²) >= 11 is 0. The molecule has 1 aromatic carbocycles. The molecule has 1 amide bonds. The smallest absolute Gasteiger partial charge is 0.272 e. The number of rotatable bonds is 3. The van der Waals surface area contributed by atoms with Gasteiger partial charge < -0.3 is 5.32 Å². The van der Waals surface area contributed by atoms with Gasteiger partial charge in [0.2, 0.25) is 5.91 Å². The van der Waals surface area contributed by atoms with Crippen molar-refractivity contribution in [3.8, 4) is 0 Å². The molecule has 2 rings (SSSR count). The number of hydrogen-bond donors (Lipinski definition) is 1. The van der Waals surface area contributed by atoms with Crippen molar-refractivity contribution in [2.75, 3.05) is 5.32 Å². The Morgan fingerprint density at radius 3 is 2.53 bits per heavy atom. The summed E-state index contributed by atoms with van der Waals surface area (Å²) < 4.78 is 0. The molecule has 0 unspecified atom stereocenters. The third kappa shape index (κ3) is 2.43. The van der Waals surface area contributed by atoms with E-state index in [0.29, 0.717) is 11.3 Å². The molecule has 1 saturated carbocycles. The molecule has 0 radical (unpaired) electrons. The quantitative estimate of drug-likeness (QED) is 0.645. The van der Waals surface area contributed by atoms with Crippen LogP contribution < -0.4 is 5.32 Å². The van der Waals surface area contributed by atoms with Crippen LogP contribution in [0.2, 0.25) is 0 Å². The van der Waals surface area contributed by atoms with Crippen LogP contribution in [0.3, 0.4) is 0 Å². The minimum absolute atomic E-state index is 0.0151. The fraction of sp³-hybridized carbons (Fsp3) is 0.417. The number of anilines is 1. The van der Waals surface area contributed by atoms with Crippen LogP contribution in [0, 0.1) is 29.9 Å². The molecular weight excluding hydrogens is 220 g/mol. The largest absolute Gasteiger partial charge is 0.326 e. The van der Waals surface area contributed by atoms with Crippen LogP contribution >= 0.6 is 0 Å². The summed E-state index contributed by atoms with van der Waals surface area (Å²) in [4.78, 5) is 21.9. The topological polar surface area (TPSA) is 72.2 Å². The van der Waals surface area contributed by atoms with Crippen LogP contribution in [0.5, 0.6) is 0 Å². The Hall–Kier alpha value is -1.91. The number of benzene rings is 1. The number of nitro groups is 1. The van der Waals surface area contributed by atoms with E-state index in [4.69, 9.17) is 0 Å². The van der Waals surface area contributed by atoms with Gasteiger partial charge in [0.25, 0.3) is 5.69 Å². The predicted octanol–water partition coefficient (Wildman–Crippen LogP) is 2.56. The fourth-order valence-electron chi connectivity index (χ4n) is 1.71. The Labute approximate surface area is 99.0 Å².